The average molecular weight is 290 g/mol. The van der Waals surface area contributed by atoms with Gasteiger partial charge in [-0.05, 0) is 0 Å². The van der Waals surface area contributed by atoms with Gasteiger partial charge in [0.1, 0.15) is 5.69 Å². The lowest BCUT2D eigenvalue weighted by Gasteiger charge is -2.07. The summed E-state index contributed by atoms with van der Waals surface area (Å²) in [5.74, 6) is -0.463. The highest BCUT2D eigenvalue weighted by Crippen LogP contribution is 2.14. The van der Waals surface area contributed by atoms with Crippen LogP contribution in [0.15, 0.2) is 18.6 Å². The van der Waals surface area contributed by atoms with E-state index >= 15 is 0 Å². The smallest absolute Gasteiger partial charge is 0.271 e. The normalized spacial score (nSPS) is 10.4. The van der Waals surface area contributed by atoms with Crippen molar-refractivity contribution in [1.29, 1.82) is 0 Å². The molecule has 2 aromatic heterocycles. The molecule has 0 saturated heterocycles. The predicted molar refractivity (Wildman–Crippen MR) is 76.5 cm³/mol. The van der Waals surface area contributed by atoms with Gasteiger partial charge in [-0.15, -0.1) is 0 Å². The minimum atomic E-state index is -0.301. The first-order chi connectivity index (χ1) is 10.0. The van der Waals surface area contributed by atoms with E-state index in [1.54, 1.807) is 24.9 Å². The lowest BCUT2D eigenvalue weighted by molar-refractivity contribution is -0.115. The summed E-state index contributed by atoms with van der Waals surface area (Å²) >= 11 is 0. The Labute approximate surface area is 122 Å². The number of rotatable bonds is 5. The predicted octanol–water partition coefficient (Wildman–Crippen LogP) is 0.432. The van der Waals surface area contributed by atoms with Gasteiger partial charge >= 0.3 is 0 Å². The van der Waals surface area contributed by atoms with Crippen LogP contribution in [0.2, 0.25) is 0 Å². The lowest BCUT2D eigenvalue weighted by Crippen LogP contribution is -2.26. The zero-order chi connectivity index (χ0) is 15.4. The van der Waals surface area contributed by atoms with Gasteiger partial charge in [0.2, 0.25) is 5.91 Å². The molecule has 2 amide bonds. The summed E-state index contributed by atoms with van der Waals surface area (Å²) in [5, 5.41) is 13.5. The van der Waals surface area contributed by atoms with E-state index in [9.17, 15) is 9.59 Å². The first-order valence-corrected chi connectivity index (χ1v) is 6.58. The highest BCUT2D eigenvalue weighted by molar-refractivity contribution is 6.02. The largest absolute Gasteiger partial charge is 0.346 e. The quantitative estimate of drug-likeness (QED) is 0.835. The maximum absolute atomic E-state index is 12.2. The Morgan fingerprint density at radius 2 is 2.00 bits per heavy atom. The van der Waals surface area contributed by atoms with Crippen LogP contribution in [0.4, 0.5) is 5.69 Å². The molecule has 0 aliphatic rings. The fraction of sp³-hybridized carbons (Fsp3) is 0.385. The summed E-state index contributed by atoms with van der Waals surface area (Å²) in [4.78, 5) is 23.7. The molecule has 0 atom stereocenters. The first kappa shape index (κ1) is 14.8. The SMILES string of the molecule is CCC(=O)Nc1cnn(C)c1C(=O)NCc1cnn(C)c1. The number of carbonyl (C=O) groups is 2. The van der Waals surface area contributed by atoms with Crippen LogP contribution in [0.25, 0.3) is 0 Å². The van der Waals surface area contributed by atoms with Crippen LogP contribution < -0.4 is 10.6 Å². The van der Waals surface area contributed by atoms with Crippen molar-refractivity contribution in [2.24, 2.45) is 14.1 Å². The Morgan fingerprint density at radius 1 is 1.24 bits per heavy atom. The topological polar surface area (TPSA) is 93.8 Å². The van der Waals surface area contributed by atoms with Crippen molar-refractivity contribution in [2.75, 3.05) is 5.32 Å². The highest BCUT2D eigenvalue weighted by atomic mass is 16.2. The third kappa shape index (κ3) is 3.47. The second kappa shape index (κ2) is 6.21. The van der Waals surface area contributed by atoms with Gasteiger partial charge in [-0.3, -0.25) is 19.0 Å². The van der Waals surface area contributed by atoms with E-state index in [4.69, 9.17) is 0 Å². The summed E-state index contributed by atoms with van der Waals surface area (Å²) in [5.41, 5.74) is 1.63. The van der Waals surface area contributed by atoms with Gasteiger partial charge in [0.05, 0.1) is 18.1 Å². The molecule has 112 valence electrons. The van der Waals surface area contributed by atoms with E-state index < -0.39 is 0 Å². The van der Waals surface area contributed by atoms with E-state index in [-0.39, 0.29) is 11.8 Å². The number of aryl methyl sites for hydroxylation is 2. The van der Waals surface area contributed by atoms with Gasteiger partial charge < -0.3 is 10.6 Å². The number of nitrogens with one attached hydrogen (secondary N) is 2. The molecule has 2 heterocycles. The van der Waals surface area contributed by atoms with Crippen molar-refractivity contribution in [3.05, 3.63) is 29.8 Å². The Bertz CT molecular complexity index is 657. The van der Waals surface area contributed by atoms with Crippen LogP contribution in [-0.4, -0.2) is 31.4 Å². The van der Waals surface area contributed by atoms with Crippen molar-refractivity contribution in [2.45, 2.75) is 19.9 Å². The average Bonchev–Trinajstić information content (AvgIpc) is 3.02. The van der Waals surface area contributed by atoms with Gasteiger partial charge in [-0.1, -0.05) is 6.92 Å². The van der Waals surface area contributed by atoms with Crippen molar-refractivity contribution < 1.29 is 9.59 Å². The molecule has 0 aromatic carbocycles. The Kier molecular flexibility index (Phi) is 4.36. The molecule has 0 spiro atoms. The second-order valence-electron chi connectivity index (χ2n) is 4.64. The number of amides is 2. The molecule has 0 aliphatic carbocycles. The van der Waals surface area contributed by atoms with Crippen molar-refractivity contribution >= 4 is 17.5 Å². The van der Waals surface area contributed by atoms with Crippen LogP contribution in [-0.2, 0) is 25.4 Å². The number of hydrogen-bond donors (Lipinski definition) is 2. The molecule has 0 bridgehead atoms. The Balaban J connectivity index is 2.07. The zero-order valence-electron chi connectivity index (χ0n) is 12.3. The minimum absolute atomic E-state index is 0.163. The molecule has 2 rings (SSSR count). The molecule has 0 radical (unpaired) electrons. The van der Waals surface area contributed by atoms with Crippen LogP contribution in [0, 0.1) is 0 Å². The third-order valence-corrected chi connectivity index (χ3v) is 2.96. The van der Waals surface area contributed by atoms with E-state index in [0.717, 1.165) is 5.56 Å². The maximum Gasteiger partial charge on any atom is 0.271 e. The van der Waals surface area contributed by atoms with E-state index in [2.05, 4.69) is 20.8 Å². The van der Waals surface area contributed by atoms with Gasteiger partial charge in [0, 0.05) is 38.8 Å². The van der Waals surface area contributed by atoms with Gasteiger partial charge in [0.25, 0.3) is 5.91 Å². The molecule has 2 N–H and O–H groups in total. The fourth-order valence-electron chi connectivity index (χ4n) is 1.87. The van der Waals surface area contributed by atoms with E-state index in [1.807, 2.05) is 13.2 Å². The number of nitrogens with zero attached hydrogens (tertiary/aromatic N) is 4. The first-order valence-electron chi connectivity index (χ1n) is 6.58. The Hall–Kier alpha value is -2.64. The van der Waals surface area contributed by atoms with Crippen LogP contribution in [0.5, 0.6) is 0 Å². The summed E-state index contributed by atoms with van der Waals surface area (Å²) in [6.45, 7) is 2.10. The second-order valence-corrected chi connectivity index (χ2v) is 4.64. The van der Waals surface area contributed by atoms with Crippen LogP contribution in [0.1, 0.15) is 29.4 Å². The molecule has 21 heavy (non-hydrogen) atoms. The summed E-state index contributed by atoms with van der Waals surface area (Å²) in [6.07, 6.45) is 5.31. The van der Waals surface area contributed by atoms with E-state index in [0.29, 0.717) is 24.3 Å². The van der Waals surface area contributed by atoms with Gasteiger partial charge in [-0.25, -0.2) is 0 Å². The van der Waals surface area contributed by atoms with Gasteiger partial charge in [-0.2, -0.15) is 10.2 Å². The molecule has 0 aliphatic heterocycles. The van der Waals surface area contributed by atoms with Crippen LogP contribution in [0.3, 0.4) is 0 Å². The number of hydrogen-bond acceptors (Lipinski definition) is 4. The zero-order valence-corrected chi connectivity index (χ0v) is 12.3. The number of anilines is 1. The molecule has 2 aromatic rings. The summed E-state index contributed by atoms with van der Waals surface area (Å²) < 4.78 is 3.10. The lowest BCUT2D eigenvalue weighted by atomic mass is 10.3. The fourth-order valence-corrected chi connectivity index (χ4v) is 1.87. The summed E-state index contributed by atoms with van der Waals surface area (Å²) in [7, 11) is 3.46. The maximum atomic E-state index is 12.2. The minimum Gasteiger partial charge on any atom is -0.346 e. The molecule has 0 unspecified atom stereocenters. The number of carbonyl (C=O) groups excluding carboxylic acids is 2. The van der Waals surface area contributed by atoms with Crippen molar-refractivity contribution in [3.63, 3.8) is 0 Å². The molecular formula is C13H18N6O2. The Morgan fingerprint density at radius 3 is 2.62 bits per heavy atom. The molecular weight excluding hydrogens is 272 g/mol. The molecule has 0 saturated carbocycles. The molecule has 8 heteroatoms. The van der Waals surface area contributed by atoms with Crippen molar-refractivity contribution in [1.82, 2.24) is 24.9 Å². The standard InChI is InChI=1S/C13H18N6O2/c1-4-11(20)17-10-7-16-19(3)12(10)13(21)14-5-9-6-15-18(2)8-9/h6-8H,4-5H2,1-3H3,(H,14,21)(H,17,20). The monoisotopic (exact) mass is 290 g/mol. The summed E-state index contributed by atoms with van der Waals surface area (Å²) in [6, 6.07) is 0. The number of aromatic nitrogens is 4. The van der Waals surface area contributed by atoms with Gasteiger partial charge in [0.15, 0.2) is 0 Å². The third-order valence-electron chi connectivity index (χ3n) is 2.96. The van der Waals surface area contributed by atoms with E-state index in [1.165, 1.54) is 10.9 Å². The van der Waals surface area contributed by atoms with Crippen LogP contribution >= 0.6 is 0 Å². The highest BCUT2D eigenvalue weighted by Gasteiger charge is 2.18. The van der Waals surface area contributed by atoms with Crippen molar-refractivity contribution in [3.8, 4) is 0 Å². The molecule has 8 nitrogen and oxygen atoms in total. The molecule has 0 fully saturated rings.